The summed E-state index contributed by atoms with van der Waals surface area (Å²) in [6, 6.07) is 3.92. The highest BCUT2D eigenvalue weighted by atomic mass is 35.5. The van der Waals surface area contributed by atoms with Crippen LogP contribution in [-0.4, -0.2) is 55.4 Å². The summed E-state index contributed by atoms with van der Waals surface area (Å²) in [5, 5.41) is 8.95. The van der Waals surface area contributed by atoms with Crippen LogP contribution in [0.3, 0.4) is 0 Å². The maximum atomic E-state index is 11.7. The molecule has 1 spiro atoms. The Kier molecular flexibility index (Phi) is 4.21. The van der Waals surface area contributed by atoms with Gasteiger partial charge in [0.05, 0.1) is 18.0 Å². The van der Waals surface area contributed by atoms with Crippen molar-refractivity contribution in [1.82, 2.24) is 14.5 Å². The molecule has 25 heavy (non-hydrogen) atoms. The Bertz CT molecular complexity index is 877. The predicted molar refractivity (Wildman–Crippen MR) is 101 cm³/mol. The van der Waals surface area contributed by atoms with E-state index in [1.165, 1.54) is 6.26 Å². The molecule has 0 saturated carbocycles. The first-order chi connectivity index (χ1) is 11.9. The lowest BCUT2D eigenvalue weighted by Crippen LogP contribution is -2.48. The number of hydrogen-bond donors (Lipinski definition) is 1. The van der Waals surface area contributed by atoms with Gasteiger partial charge in [-0.15, -0.1) is 0 Å². The molecule has 136 valence electrons. The highest BCUT2D eigenvalue weighted by molar-refractivity contribution is 7.88. The number of piperidine rings is 2. The molecule has 2 aliphatic rings. The van der Waals surface area contributed by atoms with Gasteiger partial charge in [-0.1, -0.05) is 11.6 Å². The van der Waals surface area contributed by atoms with Gasteiger partial charge in [0.15, 0.2) is 0 Å². The molecule has 1 aromatic heterocycles. The summed E-state index contributed by atoms with van der Waals surface area (Å²) in [5.41, 5.74) is 2.38. The number of aromatic amines is 1. The van der Waals surface area contributed by atoms with Crippen molar-refractivity contribution < 1.29 is 8.42 Å². The van der Waals surface area contributed by atoms with E-state index in [2.05, 4.69) is 15.1 Å². The van der Waals surface area contributed by atoms with Crippen LogP contribution in [0, 0.1) is 5.41 Å². The smallest absolute Gasteiger partial charge is 0.211 e. The minimum absolute atomic E-state index is 0.284. The van der Waals surface area contributed by atoms with Crippen LogP contribution in [0.4, 0.5) is 5.69 Å². The Labute approximate surface area is 153 Å². The van der Waals surface area contributed by atoms with Gasteiger partial charge >= 0.3 is 0 Å². The average Bonchev–Trinajstić information content (AvgIpc) is 3.03. The number of benzene rings is 1. The van der Waals surface area contributed by atoms with Crippen molar-refractivity contribution >= 4 is 38.2 Å². The Hall–Kier alpha value is -1.31. The summed E-state index contributed by atoms with van der Waals surface area (Å²) in [6.45, 7) is 3.25. The Morgan fingerprint density at radius 1 is 1.12 bits per heavy atom. The molecule has 0 aliphatic carbocycles. The molecule has 3 heterocycles. The Balaban J connectivity index is 1.48. The second kappa shape index (κ2) is 6.14. The number of hydrogen-bond acceptors (Lipinski definition) is 4. The number of H-pyrrole nitrogens is 1. The minimum Gasteiger partial charge on any atom is -0.371 e. The van der Waals surface area contributed by atoms with Crippen LogP contribution in [0.1, 0.15) is 25.7 Å². The lowest BCUT2D eigenvalue weighted by molar-refractivity contribution is 0.119. The van der Waals surface area contributed by atoms with Crippen LogP contribution in [0.2, 0.25) is 5.02 Å². The number of rotatable bonds is 2. The third kappa shape index (κ3) is 3.25. The third-order valence-electron chi connectivity index (χ3n) is 5.92. The molecular weight excluding hydrogens is 360 g/mol. The zero-order valence-electron chi connectivity index (χ0n) is 14.3. The Morgan fingerprint density at radius 3 is 2.40 bits per heavy atom. The molecule has 1 N–H and O–H groups in total. The fourth-order valence-corrected chi connectivity index (χ4v) is 5.33. The first-order valence-corrected chi connectivity index (χ1v) is 10.9. The van der Waals surface area contributed by atoms with Crippen molar-refractivity contribution in [1.29, 1.82) is 0 Å². The van der Waals surface area contributed by atoms with Crippen LogP contribution < -0.4 is 4.90 Å². The molecule has 0 bridgehead atoms. The normalized spacial score (nSPS) is 21.9. The van der Waals surface area contributed by atoms with Crippen molar-refractivity contribution in [3.05, 3.63) is 23.4 Å². The lowest BCUT2D eigenvalue weighted by Gasteiger charge is -2.47. The first-order valence-electron chi connectivity index (χ1n) is 8.69. The summed E-state index contributed by atoms with van der Waals surface area (Å²) in [6.07, 6.45) is 7.28. The lowest BCUT2D eigenvalue weighted by atomic mass is 9.71. The monoisotopic (exact) mass is 382 g/mol. The van der Waals surface area contributed by atoms with E-state index < -0.39 is 10.0 Å². The zero-order valence-corrected chi connectivity index (χ0v) is 15.9. The van der Waals surface area contributed by atoms with E-state index in [0.717, 1.165) is 55.4 Å². The largest absolute Gasteiger partial charge is 0.371 e. The summed E-state index contributed by atoms with van der Waals surface area (Å²) >= 11 is 6.26. The van der Waals surface area contributed by atoms with E-state index >= 15 is 0 Å². The highest BCUT2D eigenvalue weighted by Gasteiger charge is 2.39. The second-order valence-electron chi connectivity index (χ2n) is 7.41. The second-order valence-corrected chi connectivity index (χ2v) is 9.82. The molecule has 2 saturated heterocycles. The average molecular weight is 383 g/mol. The van der Waals surface area contributed by atoms with Gasteiger partial charge in [-0.05, 0) is 43.2 Å². The minimum atomic E-state index is -3.06. The molecular formula is C17H23ClN4O2S. The summed E-state index contributed by atoms with van der Waals surface area (Å²) in [7, 11) is -3.06. The van der Waals surface area contributed by atoms with Gasteiger partial charge in [0.2, 0.25) is 10.0 Å². The molecule has 1 aromatic carbocycles. The highest BCUT2D eigenvalue weighted by Crippen LogP contribution is 2.43. The van der Waals surface area contributed by atoms with Gasteiger partial charge in [0.25, 0.3) is 0 Å². The van der Waals surface area contributed by atoms with Crippen molar-refractivity contribution in [3.63, 3.8) is 0 Å². The molecule has 0 atom stereocenters. The molecule has 2 fully saturated rings. The van der Waals surface area contributed by atoms with Crippen LogP contribution in [0.25, 0.3) is 10.9 Å². The van der Waals surface area contributed by atoms with Gasteiger partial charge in [-0.3, -0.25) is 5.10 Å². The van der Waals surface area contributed by atoms with Crippen molar-refractivity contribution in [3.8, 4) is 0 Å². The number of anilines is 1. The maximum Gasteiger partial charge on any atom is 0.211 e. The van der Waals surface area contributed by atoms with Crippen LogP contribution >= 0.6 is 11.6 Å². The number of aromatic nitrogens is 2. The van der Waals surface area contributed by atoms with Crippen molar-refractivity contribution in [2.75, 3.05) is 37.3 Å². The Morgan fingerprint density at radius 2 is 1.76 bits per heavy atom. The quantitative estimate of drug-likeness (QED) is 0.867. The van der Waals surface area contributed by atoms with Gasteiger partial charge < -0.3 is 4.90 Å². The topological polar surface area (TPSA) is 69.3 Å². The van der Waals surface area contributed by atoms with E-state index in [-0.39, 0.29) is 5.41 Å². The van der Waals surface area contributed by atoms with Gasteiger partial charge in [0.1, 0.15) is 0 Å². The van der Waals surface area contributed by atoms with E-state index in [1.807, 2.05) is 18.3 Å². The first kappa shape index (κ1) is 17.1. The summed E-state index contributed by atoms with van der Waals surface area (Å²) in [5.74, 6) is 0. The van der Waals surface area contributed by atoms with Crippen molar-refractivity contribution in [2.45, 2.75) is 25.7 Å². The van der Waals surface area contributed by atoms with Crippen LogP contribution in [0.5, 0.6) is 0 Å². The molecule has 4 rings (SSSR count). The molecule has 2 aromatic rings. The molecule has 2 aliphatic heterocycles. The van der Waals surface area contributed by atoms with Crippen molar-refractivity contribution in [2.24, 2.45) is 5.41 Å². The molecule has 0 radical (unpaired) electrons. The standard InChI is InChI=1S/C17H23ClN4O2S/c1-25(23,24)22-8-4-17(5-9-22)2-6-21(7-3-17)16-11-13(18)10-15-14(16)12-19-20-15/h10-12H,2-9H2,1H3,(H,19,20). The number of fused-ring (bicyclic) bond motifs is 1. The van der Waals surface area contributed by atoms with Gasteiger partial charge in [-0.25, -0.2) is 12.7 Å². The molecule has 6 nitrogen and oxygen atoms in total. The van der Waals surface area contributed by atoms with Gasteiger partial charge in [-0.2, -0.15) is 5.10 Å². The zero-order chi connectivity index (χ0) is 17.7. The SMILES string of the molecule is CS(=O)(=O)N1CCC2(CCN(c3cc(Cl)cc4[nH]ncc34)CC2)CC1. The van der Waals surface area contributed by atoms with E-state index in [1.54, 1.807) is 4.31 Å². The molecule has 0 amide bonds. The van der Waals surface area contributed by atoms with Gasteiger partial charge in [0, 0.05) is 42.3 Å². The number of halogens is 1. The fraction of sp³-hybridized carbons (Fsp3) is 0.588. The number of sulfonamides is 1. The van der Waals surface area contributed by atoms with E-state index in [0.29, 0.717) is 18.1 Å². The molecule has 8 heteroatoms. The third-order valence-corrected chi connectivity index (χ3v) is 7.44. The fourth-order valence-electron chi connectivity index (χ4n) is 4.27. The number of nitrogens with one attached hydrogen (secondary N) is 1. The summed E-state index contributed by atoms with van der Waals surface area (Å²) in [4.78, 5) is 2.39. The predicted octanol–water partition coefficient (Wildman–Crippen LogP) is 2.86. The van der Waals surface area contributed by atoms with Crippen LogP contribution in [0.15, 0.2) is 18.3 Å². The summed E-state index contributed by atoms with van der Waals surface area (Å²) < 4.78 is 25.1. The van der Waals surface area contributed by atoms with E-state index in [4.69, 9.17) is 11.6 Å². The molecule has 0 unspecified atom stereocenters. The van der Waals surface area contributed by atoms with Crippen LogP contribution in [-0.2, 0) is 10.0 Å². The number of nitrogens with zero attached hydrogens (tertiary/aromatic N) is 3. The maximum absolute atomic E-state index is 11.7. The van der Waals surface area contributed by atoms with E-state index in [9.17, 15) is 8.42 Å².